The summed E-state index contributed by atoms with van der Waals surface area (Å²) in [5, 5.41) is 2.86. The summed E-state index contributed by atoms with van der Waals surface area (Å²) >= 11 is 6.85. The lowest BCUT2D eigenvalue weighted by molar-refractivity contribution is 0.0527. The number of esters is 1. The van der Waals surface area contributed by atoms with Crippen LogP contribution in [0.2, 0.25) is 0 Å². The molecule has 0 saturated heterocycles. The molecule has 0 fully saturated rings. The zero-order valence-electron chi connectivity index (χ0n) is 8.62. The first-order valence-corrected chi connectivity index (χ1v) is 6.06. The van der Waals surface area contributed by atoms with Crippen LogP contribution in [0.25, 0.3) is 0 Å². The summed E-state index contributed by atoms with van der Waals surface area (Å²) in [6, 6.07) is 5.32. The molecule has 0 atom stereocenters. The number of halogens is 1. The zero-order valence-corrected chi connectivity index (χ0v) is 11.6. The second-order valence-corrected chi connectivity index (χ2v) is 4.59. The molecule has 3 N–H and O–H groups in total. The Bertz CT molecular complexity index is 423. The molecule has 0 amide bonds. The maximum Gasteiger partial charge on any atom is 0.340 e. The van der Waals surface area contributed by atoms with E-state index in [4.69, 9.17) is 22.7 Å². The minimum Gasteiger partial charge on any atom is -0.462 e. The zero-order chi connectivity index (χ0) is 12.1. The van der Waals surface area contributed by atoms with Gasteiger partial charge in [0.25, 0.3) is 0 Å². The number of carbonyl (C=O) groups is 1. The van der Waals surface area contributed by atoms with Crippen molar-refractivity contribution in [3.63, 3.8) is 0 Å². The molecule has 0 aliphatic carbocycles. The van der Waals surface area contributed by atoms with E-state index in [9.17, 15) is 4.79 Å². The van der Waals surface area contributed by atoms with Gasteiger partial charge in [0, 0.05) is 3.57 Å². The maximum atomic E-state index is 11.6. The molecule has 0 unspecified atom stereocenters. The van der Waals surface area contributed by atoms with E-state index in [1.54, 1.807) is 19.1 Å². The highest BCUT2D eigenvalue weighted by atomic mass is 127. The van der Waals surface area contributed by atoms with Gasteiger partial charge in [-0.3, -0.25) is 0 Å². The van der Waals surface area contributed by atoms with E-state index in [1.165, 1.54) is 0 Å². The second kappa shape index (κ2) is 6.00. The average Bonchev–Trinajstić information content (AvgIpc) is 2.20. The third-order valence-electron chi connectivity index (χ3n) is 1.73. The maximum absolute atomic E-state index is 11.6. The Hall–Kier alpha value is -0.890. The van der Waals surface area contributed by atoms with Crippen molar-refractivity contribution in [2.75, 3.05) is 11.9 Å². The van der Waals surface area contributed by atoms with Crippen molar-refractivity contribution in [2.45, 2.75) is 6.92 Å². The number of nitrogens with one attached hydrogen (secondary N) is 1. The Morgan fingerprint density at radius 2 is 2.31 bits per heavy atom. The van der Waals surface area contributed by atoms with Gasteiger partial charge in [-0.15, -0.1) is 0 Å². The monoisotopic (exact) mass is 350 g/mol. The fourth-order valence-electron chi connectivity index (χ4n) is 1.14. The predicted molar refractivity (Wildman–Crippen MR) is 75.5 cm³/mol. The summed E-state index contributed by atoms with van der Waals surface area (Å²) in [5.41, 5.74) is 6.37. The predicted octanol–water partition coefficient (Wildman–Crippen LogP) is 2.12. The first-order valence-electron chi connectivity index (χ1n) is 4.57. The number of hydrogen-bond acceptors (Lipinski definition) is 3. The van der Waals surface area contributed by atoms with Crippen molar-refractivity contribution in [3.8, 4) is 0 Å². The first-order chi connectivity index (χ1) is 7.54. The molecule has 1 aromatic rings. The molecular weight excluding hydrogens is 339 g/mol. The number of anilines is 1. The topological polar surface area (TPSA) is 64.3 Å². The molecule has 0 aliphatic heterocycles. The lowest BCUT2D eigenvalue weighted by atomic mass is 10.2. The molecule has 16 heavy (non-hydrogen) atoms. The molecule has 0 saturated carbocycles. The van der Waals surface area contributed by atoms with Crippen LogP contribution in [0.4, 0.5) is 5.69 Å². The molecule has 86 valence electrons. The Balaban J connectivity index is 3.07. The lowest BCUT2D eigenvalue weighted by Crippen LogP contribution is -2.21. The van der Waals surface area contributed by atoms with Gasteiger partial charge in [0.05, 0.1) is 17.9 Å². The van der Waals surface area contributed by atoms with Crippen LogP contribution in [0.1, 0.15) is 17.3 Å². The number of ether oxygens (including phenoxy) is 1. The van der Waals surface area contributed by atoms with Crippen molar-refractivity contribution >= 4 is 51.6 Å². The minimum absolute atomic E-state index is 0.117. The van der Waals surface area contributed by atoms with Crippen molar-refractivity contribution in [3.05, 3.63) is 27.3 Å². The molecule has 0 radical (unpaired) electrons. The Kier molecular flexibility index (Phi) is 4.94. The SMILES string of the molecule is CCOC(=O)c1cc(I)ccc1NC(N)=S. The first kappa shape index (κ1) is 13.2. The minimum atomic E-state index is -0.389. The smallest absolute Gasteiger partial charge is 0.340 e. The summed E-state index contributed by atoms with van der Waals surface area (Å²) in [6.07, 6.45) is 0. The number of hydrogen-bond donors (Lipinski definition) is 2. The van der Waals surface area contributed by atoms with Gasteiger partial charge in [-0.1, -0.05) is 0 Å². The highest BCUT2D eigenvalue weighted by molar-refractivity contribution is 14.1. The van der Waals surface area contributed by atoms with Gasteiger partial charge >= 0.3 is 5.97 Å². The fourth-order valence-corrected chi connectivity index (χ4v) is 1.74. The number of thiocarbonyl (C=S) groups is 1. The lowest BCUT2D eigenvalue weighted by Gasteiger charge is -2.10. The van der Waals surface area contributed by atoms with E-state index < -0.39 is 0 Å². The van der Waals surface area contributed by atoms with E-state index in [-0.39, 0.29) is 11.1 Å². The average molecular weight is 350 g/mol. The number of carbonyl (C=O) groups excluding carboxylic acids is 1. The van der Waals surface area contributed by atoms with Crippen LogP contribution >= 0.6 is 34.8 Å². The van der Waals surface area contributed by atoms with Crippen molar-refractivity contribution in [2.24, 2.45) is 5.73 Å². The molecule has 0 aliphatic rings. The molecule has 6 heteroatoms. The van der Waals surface area contributed by atoms with Crippen LogP contribution in [0, 0.1) is 3.57 Å². The molecule has 4 nitrogen and oxygen atoms in total. The van der Waals surface area contributed by atoms with Crippen LogP contribution < -0.4 is 11.1 Å². The number of benzene rings is 1. The molecule has 0 heterocycles. The van der Waals surface area contributed by atoms with Crippen LogP contribution in [0.15, 0.2) is 18.2 Å². The number of nitrogens with two attached hydrogens (primary N) is 1. The van der Waals surface area contributed by atoms with Crippen LogP contribution in [0.5, 0.6) is 0 Å². The van der Waals surface area contributed by atoms with Crippen molar-refractivity contribution in [1.82, 2.24) is 0 Å². The molecule has 1 aromatic carbocycles. The molecular formula is C10H11IN2O2S. The summed E-state index contributed by atoms with van der Waals surface area (Å²) < 4.78 is 5.88. The highest BCUT2D eigenvalue weighted by Crippen LogP contribution is 2.19. The highest BCUT2D eigenvalue weighted by Gasteiger charge is 2.13. The summed E-state index contributed by atoms with van der Waals surface area (Å²) in [5.74, 6) is -0.389. The van der Waals surface area contributed by atoms with E-state index in [1.807, 2.05) is 6.07 Å². The van der Waals surface area contributed by atoms with Gasteiger partial charge in [-0.2, -0.15) is 0 Å². The molecule has 1 rings (SSSR count). The van der Waals surface area contributed by atoms with Gasteiger partial charge in [0.2, 0.25) is 0 Å². The largest absolute Gasteiger partial charge is 0.462 e. The number of rotatable bonds is 3. The van der Waals surface area contributed by atoms with E-state index in [2.05, 4.69) is 27.9 Å². The Morgan fingerprint density at radius 1 is 1.62 bits per heavy atom. The summed E-state index contributed by atoms with van der Waals surface area (Å²) in [4.78, 5) is 11.6. The van der Waals surface area contributed by atoms with E-state index >= 15 is 0 Å². The summed E-state index contributed by atoms with van der Waals surface area (Å²) in [6.45, 7) is 2.09. The molecule has 0 bridgehead atoms. The summed E-state index contributed by atoms with van der Waals surface area (Å²) in [7, 11) is 0. The van der Waals surface area contributed by atoms with Gasteiger partial charge < -0.3 is 15.8 Å². The van der Waals surface area contributed by atoms with Crippen LogP contribution in [0.3, 0.4) is 0 Å². The van der Waals surface area contributed by atoms with E-state index in [0.717, 1.165) is 3.57 Å². The van der Waals surface area contributed by atoms with Gasteiger partial charge in [-0.05, 0) is 59.9 Å². The van der Waals surface area contributed by atoms with Crippen molar-refractivity contribution in [1.29, 1.82) is 0 Å². The molecule has 0 spiro atoms. The Morgan fingerprint density at radius 3 is 2.88 bits per heavy atom. The van der Waals surface area contributed by atoms with Gasteiger partial charge in [0.15, 0.2) is 5.11 Å². The normalized spacial score (nSPS) is 9.62. The van der Waals surface area contributed by atoms with Gasteiger partial charge in [-0.25, -0.2) is 4.79 Å². The second-order valence-electron chi connectivity index (χ2n) is 2.90. The van der Waals surface area contributed by atoms with Crippen LogP contribution in [-0.2, 0) is 4.74 Å². The molecule has 0 aromatic heterocycles. The van der Waals surface area contributed by atoms with Crippen molar-refractivity contribution < 1.29 is 9.53 Å². The van der Waals surface area contributed by atoms with Crippen LogP contribution in [-0.4, -0.2) is 17.7 Å². The van der Waals surface area contributed by atoms with E-state index in [0.29, 0.717) is 17.9 Å². The quantitative estimate of drug-likeness (QED) is 0.497. The Labute approximate surface area is 113 Å². The third kappa shape index (κ3) is 3.60. The fraction of sp³-hybridized carbons (Fsp3) is 0.200. The standard InChI is InChI=1S/C10H11IN2O2S/c1-2-15-9(14)7-5-6(11)3-4-8(7)13-10(12)16/h3-5H,2H2,1H3,(H3,12,13,16). The van der Waals surface area contributed by atoms with Gasteiger partial charge in [0.1, 0.15) is 0 Å². The third-order valence-corrected chi connectivity index (χ3v) is 2.51.